The minimum Gasteiger partial charge on any atom is -0.491 e. The fraction of sp³-hybridized carbons (Fsp3) is 0.385. The highest BCUT2D eigenvalue weighted by Crippen LogP contribution is 2.20. The first kappa shape index (κ1) is 14.0. The van der Waals surface area contributed by atoms with Crippen LogP contribution in [0.25, 0.3) is 0 Å². The van der Waals surface area contributed by atoms with E-state index in [1.54, 1.807) is 24.3 Å². The van der Waals surface area contributed by atoms with Crippen LogP contribution in [0.4, 0.5) is 0 Å². The molecule has 0 unspecified atom stereocenters. The molecule has 5 nitrogen and oxygen atoms in total. The maximum Gasteiger partial charge on any atom is 0.305 e. The van der Waals surface area contributed by atoms with Crippen LogP contribution in [0.5, 0.6) is 5.75 Å². The second-order valence-corrected chi connectivity index (χ2v) is 4.17. The number of carbonyl (C=O) groups is 2. The third-order valence-electron chi connectivity index (χ3n) is 2.30. The second-order valence-electron chi connectivity index (χ2n) is 4.17. The van der Waals surface area contributed by atoms with E-state index >= 15 is 0 Å². The maximum atomic E-state index is 10.7. The first-order valence-electron chi connectivity index (χ1n) is 5.71. The number of amides is 1. The van der Waals surface area contributed by atoms with Gasteiger partial charge in [0.15, 0.2) is 0 Å². The Balaban J connectivity index is 2.79. The van der Waals surface area contributed by atoms with Crippen LogP contribution in [0.3, 0.4) is 0 Å². The van der Waals surface area contributed by atoms with Gasteiger partial charge in [0.1, 0.15) is 5.75 Å². The molecule has 0 saturated carbocycles. The second kappa shape index (κ2) is 6.64. The molecule has 0 saturated heterocycles. The minimum absolute atomic E-state index is 0.0822. The Kier molecular flexibility index (Phi) is 5.17. The van der Waals surface area contributed by atoms with Crippen molar-refractivity contribution in [1.29, 1.82) is 0 Å². The third-order valence-corrected chi connectivity index (χ3v) is 2.30. The quantitative estimate of drug-likeness (QED) is 0.724. The summed E-state index contributed by atoms with van der Waals surface area (Å²) in [5.41, 5.74) is 0.737. The van der Waals surface area contributed by atoms with Crippen LogP contribution in [-0.2, 0) is 9.59 Å². The van der Waals surface area contributed by atoms with Gasteiger partial charge in [0, 0.05) is 0 Å². The van der Waals surface area contributed by atoms with E-state index in [0.717, 1.165) is 5.56 Å². The van der Waals surface area contributed by atoms with Gasteiger partial charge in [-0.3, -0.25) is 9.59 Å². The van der Waals surface area contributed by atoms with Crippen molar-refractivity contribution >= 4 is 12.4 Å². The van der Waals surface area contributed by atoms with Gasteiger partial charge in [-0.2, -0.15) is 0 Å². The molecule has 0 fully saturated rings. The van der Waals surface area contributed by atoms with Crippen molar-refractivity contribution in [1.82, 2.24) is 5.32 Å². The van der Waals surface area contributed by atoms with Crippen molar-refractivity contribution in [2.75, 3.05) is 0 Å². The van der Waals surface area contributed by atoms with Gasteiger partial charge in [-0.25, -0.2) is 0 Å². The Morgan fingerprint density at radius 3 is 2.44 bits per heavy atom. The molecule has 1 aromatic rings. The molecule has 1 atom stereocenters. The van der Waals surface area contributed by atoms with Gasteiger partial charge in [-0.1, -0.05) is 12.1 Å². The molecule has 0 aliphatic rings. The summed E-state index contributed by atoms with van der Waals surface area (Å²) < 4.78 is 5.48. The number of aliphatic carboxylic acids is 1. The van der Waals surface area contributed by atoms with E-state index in [9.17, 15) is 9.59 Å². The van der Waals surface area contributed by atoms with E-state index in [0.29, 0.717) is 12.2 Å². The summed E-state index contributed by atoms with van der Waals surface area (Å²) in [5, 5.41) is 11.3. The van der Waals surface area contributed by atoms with E-state index in [1.165, 1.54) is 0 Å². The molecule has 0 heterocycles. The summed E-state index contributed by atoms with van der Waals surface area (Å²) in [4.78, 5) is 21.1. The molecule has 1 aromatic carbocycles. The Morgan fingerprint density at radius 2 is 2.00 bits per heavy atom. The van der Waals surface area contributed by atoms with Gasteiger partial charge in [0.25, 0.3) is 0 Å². The van der Waals surface area contributed by atoms with Crippen molar-refractivity contribution in [2.24, 2.45) is 0 Å². The number of hydrogen-bond donors (Lipinski definition) is 2. The van der Waals surface area contributed by atoms with E-state index < -0.39 is 12.0 Å². The molecule has 18 heavy (non-hydrogen) atoms. The smallest absolute Gasteiger partial charge is 0.305 e. The van der Waals surface area contributed by atoms with Crippen LogP contribution in [0.2, 0.25) is 0 Å². The van der Waals surface area contributed by atoms with E-state index in [2.05, 4.69) is 5.32 Å². The van der Waals surface area contributed by atoms with Crippen molar-refractivity contribution in [3.8, 4) is 5.75 Å². The maximum absolute atomic E-state index is 10.7. The standard InChI is InChI=1S/C13H17NO4/c1-9(2)18-11-5-3-10(4-6-11)12(14-8-15)7-13(16)17/h3-6,8-9,12H,7H2,1-2H3,(H,14,15)(H,16,17)/t12-/m1/s1. The van der Waals surface area contributed by atoms with Crippen LogP contribution in [0, 0.1) is 0 Å². The first-order valence-corrected chi connectivity index (χ1v) is 5.71. The van der Waals surface area contributed by atoms with Crippen LogP contribution in [-0.4, -0.2) is 23.6 Å². The average Bonchev–Trinajstić information content (AvgIpc) is 2.28. The summed E-state index contributed by atoms with van der Waals surface area (Å²) in [6.45, 7) is 3.85. The van der Waals surface area contributed by atoms with Gasteiger partial charge in [0.05, 0.1) is 18.6 Å². The van der Waals surface area contributed by atoms with Crippen LogP contribution < -0.4 is 10.1 Å². The zero-order chi connectivity index (χ0) is 13.5. The molecule has 0 aliphatic heterocycles. The van der Waals surface area contributed by atoms with Gasteiger partial charge in [-0.15, -0.1) is 0 Å². The third kappa shape index (κ3) is 4.45. The molecule has 1 amide bonds. The lowest BCUT2D eigenvalue weighted by molar-refractivity contribution is -0.137. The van der Waals surface area contributed by atoms with E-state index in [-0.39, 0.29) is 12.5 Å². The molecule has 2 N–H and O–H groups in total. The van der Waals surface area contributed by atoms with Crippen LogP contribution in [0.15, 0.2) is 24.3 Å². The fourth-order valence-electron chi connectivity index (χ4n) is 1.58. The number of benzene rings is 1. The molecule has 0 radical (unpaired) electrons. The van der Waals surface area contributed by atoms with Crippen LogP contribution in [0.1, 0.15) is 31.9 Å². The molecule has 0 spiro atoms. The molecular formula is C13H17NO4. The highest BCUT2D eigenvalue weighted by molar-refractivity contribution is 5.68. The van der Waals surface area contributed by atoms with Gasteiger partial charge in [0.2, 0.25) is 6.41 Å². The lowest BCUT2D eigenvalue weighted by Gasteiger charge is -2.15. The SMILES string of the molecule is CC(C)Oc1ccc([C@@H](CC(=O)O)NC=O)cc1. The largest absolute Gasteiger partial charge is 0.491 e. The molecular weight excluding hydrogens is 234 g/mol. The Bertz CT molecular complexity index is 400. The highest BCUT2D eigenvalue weighted by atomic mass is 16.5. The fourth-order valence-corrected chi connectivity index (χ4v) is 1.58. The number of carboxylic acid groups (broad SMARTS) is 1. The van der Waals surface area contributed by atoms with Gasteiger partial charge in [-0.05, 0) is 31.5 Å². The highest BCUT2D eigenvalue weighted by Gasteiger charge is 2.14. The topological polar surface area (TPSA) is 75.6 Å². The Hall–Kier alpha value is -2.04. The monoisotopic (exact) mass is 251 g/mol. The van der Waals surface area contributed by atoms with Crippen molar-refractivity contribution in [2.45, 2.75) is 32.4 Å². The summed E-state index contributed by atoms with van der Waals surface area (Å²) in [6.07, 6.45) is 0.439. The predicted molar refractivity (Wildman–Crippen MR) is 66.4 cm³/mol. The number of carboxylic acids is 1. The summed E-state index contributed by atoms with van der Waals surface area (Å²) in [6, 6.07) is 6.50. The van der Waals surface area contributed by atoms with Crippen molar-refractivity contribution < 1.29 is 19.4 Å². The van der Waals surface area contributed by atoms with Crippen molar-refractivity contribution in [3.63, 3.8) is 0 Å². The average molecular weight is 251 g/mol. The summed E-state index contributed by atoms with van der Waals surface area (Å²) >= 11 is 0. The van der Waals surface area contributed by atoms with E-state index in [1.807, 2.05) is 13.8 Å². The predicted octanol–water partition coefficient (Wildman–Crippen LogP) is 1.74. The normalized spacial score (nSPS) is 11.9. The first-order chi connectivity index (χ1) is 8.52. The number of carbonyl (C=O) groups excluding carboxylic acids is 1. The number of hydrogen-bond acceptors (Lipinski definition) is 3. The van der Waals surface area contributed by atoms with Crippen molar-refractivity contribution in [3.05, 3.63) is 29.8 Å². The molecule has 0 bridgehead atoms. The van der Waals surface area contributed by atoms with E-state index in [4.69, 9.17) is 9.84 Å². The van der Waals surface area contributed by atoms with Gasteiger partial charge < -0.3 is 15.2 Å². The number of nitrogens with one attached hydrogen (secondary N) is 1. The van der Waals surface area contributed by atoms with Crippen LogP contribution >= 0.6 is 0 Å². The molecule has 0 aromatic heterocycles. The zero-order valence-corrected chi connectivity index (χ0v) is 10.4. The Morgan fingerprint density at radius 1 is 1.39 bits per heavy atom. The molecule has 98 valence electrons. The number of rotatable bonds is 7. The number of ether oxygens (including phenoxy) is 1. The zero-order valence-electron chi connectivity index (χ0n) is 10.4. The summed E-state index contributed by atoms with van der Waals surface area (Å²) in [7, 11) is 0. The lowest BCUT2D eigenvalue weighted by Crippen LogP contribution is -2.22. The lowest BCUT2D eigenvalue weighted by atomic mass is 10.0. The molecule has 0 aliphatic carbocycles. The molecule has 5 heteroatoms. The summed E-state index contributed by atoms with van der Waals surface area (Å²) in [5.74, 6) is -0.245. The molecule has 1 rings (SSSR count). The van der Waals surface area contributed by atoms with Gasteiger partial charge >= 0.3 is 5.97 Å². The Labute approximate surface area is 106 Å². The minimum atomic E-state index is -0.961.